The van der Waals surface area contributed by atoms with Gasteiger partial charge in [-0.25, -0.2) is 0 Å². The molecule has 112 valence electrons. The summed E-state index contributed by atoms with van der Waals surface area (Å²) in [7, 11) is 0. The van der Waals surface area contributed by atoms with Crippen LogP contribution in [0.2, 0.25) is 0 Å². The van der Waals surface area contributed by atoms with Gasteiger partial charge in [-0.2, -0.15) is 0 Å². The summed E-state index contributed by atoms with van der Waals surface area (Å²) in [5, 5.41) is 3.71. The van der Waals surface area contributed by atoms with Crippen LogP contribution in [0.1, 0.15) is 42.5 Å². The number of hydrogen-bond donors (Lipinski definition) is 1. The Morgan fingerprint density at radius 2 is 1.90 bits per heavy atom. The minimum atomic E-state index is 0.360. The van der Waals surface area contributed by atoms with Crippen LogP contribution in [-0.2, 0) is 6.42 Å². The van der Waals surface area contributed by atoms with Crippen LogP contribution in [0.3, 0.4) is 0 Å². The van der Waals surface area contributed by atoms with Crippen molar-refractivity contribution >= 4 is 22.7 Å². The van der Waals surface area contributed by atoms with E-state index in [-0.39, 0.29) is 0 Å². The third-order valence-corrected chi connectivity index (χ3v) is 5.59. The molecule has 0 radical (unpaired) electrons. The van der Waals surface area contributed by atoms with E-state index in [1.807, 2.05) is 11.3 Å². The van der Waals surface area contributed by atoms with E-state index in [4.69, 9.17) is 0 Å². The first-order valence-electron chi connectivity index (χ1n) is 7.97. The third-order valence-electron chi connectivity index (χ3n) is 4.18. The van der Waals surface area contributed by atoms with E-state index >= 15 is 0 Å². The smallest absolute Gasteiger partial charge is 0.0602 e. The molecule has 1 aromatic heterocycles. The lowest BCUT2D eigenvalue weighted by atomic mass is 10.2. The fourth-order valence-corrected chi connectivity index (χ4v) is 3.91. The summed E-state index contributed by atoms with van der Waals surface area (Å²) in [6, 6.07) is 13.6. The molecule has 1 unspecified atom stereocenters. The molecule has 0 saturated carbocycles. The van der Waals surface area contributed by atoms with E-state index < -0.39 is 0 Å². The fourth-order valence-electron chi connectivity index (χ4n) is 2.95. The van der Waals surface area contributed by atoms with Gasteiger partial charge in [0.1, 0.15) is 0 Å². The van der Waals surface area contributed by atoms with Crippen molar-refractivity contribution in [2.75, 3.05) is 23.3 Å². The maximum Gasteiger partial charge on any atom is 0.0602 e. The average Bonchev–Trinajstić information content (AvgIpc) is 3.19. The Bertz CT molecular complexity index is 584. The Kier molecular flexibility index (Phi) is 4.49. The zero-order chi connectivity index (χ0) is 14.7. The Morgan fingerprint density at radius 1 is 1.14 bits per heavy atom. The predicted octanol–water partition coefficient (Wildman–Crippen LogP) is 5.08. The molecule has 3 heteroatoms. The van der Waals surface area contributed by atoms with Gasteiger partial charge in [0, 0.05) is 22.8 Å². The van der Waals surface area contributed by atoms with Gasteiger partial charge in [0.25, 0.3) is 0 Å². The number of nitrogens with one attached hydrogen (secondary N) is 1. The highest BCUT2D eigenvalue weighted by molar-refractivity contribution is 7.12. The first-order chi connectivity index (χ1) is 10.3. The van der Waals surface area contributed by atoms with Crippen molar-refractivity contribution < 1.29 is 0 Å². The van der Waals surface area contributed by atoms with Gasteiger partial charge in [0.2, 0.25) is 0 Å². The molecule has 21 heavy (non-hydrogen) atoms. The van der Waals surface area contributed by atoms with Gasteiger partial charge in [0.05, 0.1) is 17.4 Å². The summed E-state index contributed by atoms with van der Waals surface area (Å²) < 4.78 is 0. The molecule has 3 rings (SSSR count). The normalized spacial score (nSPS) is 16.2. The molecule has 0 aliphatic carbocycles. The standard InChI is InChI=1S/C18H24N2S/c1-3-15-10-11-18(21-15)14(2)19-16-8-4-5-9-17(16)20-12-6-7-13-20/h4-5,8-11,14,19H,3,6-7,12-13H2,1-2H3. The van der Waals surface area contributed by atoms with Crippen molar-refractivity contribution in [1.29, 1.82) is 0 Å². The highest BCUT2D eigenvalue weighted by Crippen LogP contribution is 2.33. The predicted molar refractivity (Wildman–Crippen MR) is 93.6 cm³/mol. The summed E-state index contributed by atoms with van der Waals surface area (Å²) in [6.45, 7) is 6.85. The van der Waals surface area contributed by atoms with Crippen LogP contribution in [-0.4, -0.2) is 13.1 Å². The number of benzene rings is 1. The maximum absolute atomic E-state index is 3.71. The Balaban J connectivity index is 1.77. The van der Waals surface area contributed by atoms with Crippen LogP contribution < -0.4 is 10.2 Å². The number of aryl methyl sites for hydroxylation is 1. The molecular formula is C18H24N2S. The van der Waals surface area contributed by atoms with Gasteiger partial charge in [0.15, 0.2) is 0 Å². The summed E-state index contributed by atoms with van der Waals surface area (Å²) in [5.41, 5.74) is 2.62. The van der Waals surface area contributed by atoms with Crippen molar-refractivity contribution in [2.24, 2.45) is 0 Å². The quantitative estimate of drug-likeness (QED) is 0.828. The molecule has 2 heterocycles. The molecule has 0 bridgehead atoms. The first-order valence-corrected chi connectivity index (χ1v) is 8.78. The number of para-hydroxylation sites is 2. The SMILES string of the molecule is CCc1ccc(C(C)Nc2ccccc2N2CCCC2)s1. The van der Waals surface area contributed by atoms with E-state index in [0.29, 0.717) is 6.04 Å². The molecule has 1 aliphatic heterocycles. The molecule has 2 nitrogen and oxygen atoms in total. The molecule has 0 spiro atoms. The minimum Gasteiger partial charge on any atom is -0.376 e. The molecule has 1 aromatic carbocycles. The van der Waals surface area contributed by atoms with Crippen molar-refractivity contribution in [3.63, 3.8) is 0 Å². The number of nitrogens with zero attached hydrogens (tertiary/aromatic N) is 1. The largest absolute Gasteiger partial charge is 0.376 e. The van der Waals surface area contributed by atoms with Crippen LogP contribution >= 0.6 is 11.3 Å². The van der Waals surface area contributed by atoms with Gasteiger partial charge in [-0.1, -0.05) is 19.1 Å². The number of hydrogen-bond acceptors (Lipinski definition) is 3. The van der Waals surface area contributed by atoms with Crippen LogP contribution in [0.15, 0.2) is 36.4 Å². The second-order valence-corrected chi connectivity index (χ2v) is 6.93. The lowest BCUT2D eigenvalue weighted by molar-refractivity contribution is 0.898. The van der Waals surface area contributed by atoms with Gasteiger partial charge in [-0.05, 0) is 50.5 Å². The highest BCUT2D eigenvalue weighted by Gasteiger charge is 2.17. The molecule has 1 fully saturated rings. The maximum atomic E-state index is 3.71. The van der Waals surface area contributed by atoms with Crippen LogP contribution in [0, 0.1) is 0 Å². The zero-order valence-electron chi connectivity index (χ0n) is 12.9. The molecule has 1 atom stereocenters. The second kappa shape index (κ2) is 6.52. The summed E-state index contributed by atoms with van der Waals surface area (Å²) in [4.78, 5) is 5.38. The molecule has 1 N–H and O–H groups in total. The zero-order valence-corrected chi connectivity index (χ0v) is 13.7. The van der Waals surface area contributed by atoms with Crippen molar-refractivity contribution in [3.05, 3.63) is 46.2 Å². The van der Waals surface area contributed by atoms with Crippen LogP contribution in [0.4, 0.5) is 11.4 Å². The number of thiophene rings is 1. The minimum absolute atomic E-state index is 0.360. The van der Waals surface area contributed by atoms with E-state index in [0.717, 1.165) is 6.42 Å². The molecular weight excluding hydrogens is 276 g/mol. The molecule has 0 amide bonds. The second-order valence-electron chi connectivity index (χ2n) is 5.73. The number of rotatable bonds is 5. The van der Waals surface area contributed by atoms with Crippen LogP contribution in [0.25, 0.3) is 0 Å². The average molecular weight is 300 g/mol. The summed E-state index contributed by atoms with van der Waals surface area (Å²) in [6.07, 6.45) is 3.76. The summed E-state index contributed by atoms with van der Waals surface area (Å²) >= 11 is 1.92. The molecule has 1 saturated heterocycles. The van der Waals surface area contributed by atoms with Crippen molar-refractivity contribution in [3.8, 4) is 0 Å². The Hall–Kier alpha value is -1.48. The van der Waals surface area contributed by atoms with Gasteiger partial charge < -0.3 is 10.2 Å². The summed E-state index contributed by atoms with van der Waals surface area (Å²) in [5.74, 6) is 0. The van der Waals surface area contributed by atoms with E-state index in [1.54, 1.807) is 0 Å². The van der Waals surface area contributed by atoms with E-state index in [1.165, 1.54) is 47.1 Å². The van der Waals surface area contributed by atoms with E-state index in [2.05, 4.69) is 60.5 Å². The molecule has 2 aromatic rings. The van der Waals surface area contributed by atoms with Crippen LogP contribution in [0.5, 0.6) is 0 Å². The van der Waals surface area contributed by atoms with Gasteiger partial charge in [-0.15, -0.1) is 11.3 Å². The van der Waals surface area contributed by atoms with Gasteiger partial charge >= 0.3 is 0 Å². The van der Waals surface area contributed by atoms with Crippen molar-refractivity contribution in [1.82, 2.24) is 0 Å². The van der Waals surface area contributed by atoms with E-state index in [9.17, 15) is 0 Å². The van der Waals surface area contributed by atoms with Crippen molar-refractivity contribution in [2.45, 2.75) is 39.2 Å². The third kappa shape index (κ3) is 3.24. The Labute approximate surface area is 131 Å². The lowest BCUT2D eigenvalue weighted by Crippen LogP contribution is -2.19. The number of anilines is 2. The Morgan fingerprint density at radius 3 is 2.62 bits per heavy atom. The van der Waals surface area contributed by atoms with Gasteiger partial charge in [-0.3, -0.25) is 0 Å². The topological polar surface area (TPSA) is 15.3 Å². The fraction of sp³-hybridized carbons (Fsp3) is 0.444. The molecule has 1 aliphatic rings. The monoisotopic (exact) mass is 300 g/mol. The first kappa shape index (κ1) is 14.5. The highest BCUT2D eigenvalue weighted by atomic mass is 32.1. The lowest BCUT2D eigenvalue weighted by Gasteiger charge is -2.24.